The fourth-order valence-electron chi connectivity index (χ4n) is 10.9. The van der Waals surface area contributed by atoms with E-state index in [4.69, 9.17) is 52.5 Å². The van der Waals surface area contributed by atoms with Crippen molar-refractivity contribution in [3.63, 3.8) is 0 Å². The van der Waals surface area contributed by atoms with Gasteiger partial charge in [0.2, 0.25) is 0 Å². The van der Waals surface area contributed by atoms with Gasteiger partial charge in [-0.1, -0.05) is 42.4 Å². The number of carbonyl (C=O) groups excluding carboxylic acids is 3. The van der Waals surface area contributed by atoms with Gasteiger partial charge in [0.05, 0.1) is 69.7 Å². The highest BCUT2D eigenvalue weighted by atomic mass is 32.2. The van der Waals surface area contributed by atoms with Crippen LogP contribution in [0.15, 0.2) is 109 Å². The smallest absolute Gasteiger partial charge is 0.356 e. The maximum absolute atomic E-state index is 13.2. The van der Waals surface area contributed by atoms with Crippen LogP contribution in [0, 0.1) is 35.5 Å². The number of nitrogens with zero attached hydrogens (tertiary/aromatic N) is 9. The molecule has 0 amide bonds. The van der Waals surface area contributed by atoms with E-state index in [1.807, 2.05) is 115 Å². The molecule has 0 atom stereocenters. The molecular formula is C75H93N9O15S2. The minimum Gasteiger partial charge on any atom is -0.494 e. The fraction of sp³-hybridized carbons (Fsp3) is 0.440. The first-order chi connectivity index (χ1) is 48.5. The molecule has 6 aromatic rings. The Labute approximate surface area is 595 Å². The van der Waals surface area contributed by atoms with E-state index in [2.05, 4.69) is 69.1 Å². The van der Waals surface area contributed by atoms with Gasteiger partial charge < -0.3 is 43.1 Å². The topological polar surface area (TPSA) is 273 Å². The number of carbonyl (C=O) groups is 3. The van der Waals surface area contributed by atoms with Crippen LogP contribution in [0.25, 0.3) is 0 Å². The fourth-order valence-corrected chi connectivity index (χ4v) is 11.8. The molecule has 24 nitrogen and oxygen atoms in total. The van der Waals surface area contributed by atoms with Crippen molar-refractivity contribution < 1.29 is 68.7 Å². The third kappa shape index (κ3) is 30.1. The normalized spacial score (nSPS) is 13.1. The number of hydrogen-bond donors (Lipinski definition) is 2. The predicted octanol–water partition coefficient (Wildman–Crippen LogP) is 7.32. The summed E-state index contributed by atoms with van der Waals surface area (Å²) in [5.41, 5.74) is 5.92. The zero-order chi connectivity index (χ0) is 72.6. The lowest BCUT2D eigenvalue weighted by atomic mass is 10.1. The van der Waals surface area contributed by atoms with Crippen molar-refractivity contribution in [2.75, 3.05) is 152 Å². The van der Waals surface area contributed by atoms with Crippen molar-refractivity contribution in [2.45, 2.75) is 65.1 Å². The van der Waals surface area contributed by atoms with Gasteiger partial charge in [-0.05, 0) is 188 Å². The van der Waals surface area contributed by atoms with Gasteiger partial charge in [-0.2, -0.15) is 16.8 Å². The molecule has 1 fully saturated rings. The minimum absolute atomic E-state index is 0.0950. The lowest BCUT2D eigenvalue weighted by Crippen LogP contribution is -2.36. The molecule has 3 aromatic heterocycles. The first kappa shape index (κ1) is 79.5. The van der Waals surface area contributed by atoms with Crippen LogP contribution in [0.3, 0.4) is 0 Å². The molecule has 0 aliphatic carbocycles. The van der Waals surface area contributed by atoms with E-state index < -0.39 is 38.1 Å². The Kier molecular flexibility index (Phi) is 32.4. The second-order valence-electron chi connectivity index (χ2n) is 24.6. The molecule has 540 valence electrons. The largest absolute Gasteiger partial charge is 0.494 e. The Morgan fingerprint density at radius 3 is 0.921 bits per heavy atom. The summed E-state index contributed by atoms with van der Waals surface area (Å²) >= 11 is 0. The summed E-state index contributed by atoms with van der Waals surface area (Å²) < 4.78 is 95.8. The summed E-state index contributed by atoms with van der Waals surface area (Å²) in [4.78, 5) is 67.1. The van der Waals surface area contributed by atoms with Gasteiger partial charge in [0, 0.05) is 112 Å². The minimum atomic E-state index is -4.00. The van der Waals surface area contributed by atoms with Crippen LogP contribution in [-0.2, 0) is 54.1 Å². The van der Waals surface area contributed by atoms with Crippen LogP contribution in [0.5, 0.6) is 17.2 Å². The van der Waals surface area contributed by atoms with E-state index in [0.29, 0.717) is 187 Å². The number of hydrogen-bond acceptors (Lipinski definition) is 22. The summed E-state index contributed by atoms with van der Waals surface area (Å²) in [7, 11) is 1.81. The molecule has 0 bridgehead atoms. The molecule has 0 radical (unpaired) electrons. The van der Waals surface area contributed by atoms with E-state index in [-0.39, 0.29) is 28.6 Å². The third-order valence-corrected chi connectivity index (χ3v) is 17.7. The standard InChI is InChI=1S/C75H93N9O15S2/c1-8-32-79(2)33-9-44-97-67-26-20-58(21-27-67)14-17-61-49-64(76-70(52-61)73(85)94-5)55-82-38-40-83(56-65-50-62(53-71(77-65)74(86)95-6)18-15-59-22-28-68(29-23-59)98-45-10-34-80(3)36-12-47-100(88,89)90)42-43-84(41-39-82)57-66-51-63(54-72(78-66)75(87)96-7)19-16-60-24-30-69(31-25-60)99-46-11-35-81(4)37-13-48-101(91,92)93/h20-31,49-54H,8-13,32-48,55-57H2,1-7H3,(H,88,89,90)(H,91,92,93). The summed E-state index contributed by atoms with van der Waals surface area (Å²) in [5.74, 6) is 19.0. The van der Waals surface area contributed by atoms with Crippen molar-refractivity contribution in [1.82, 2.24) is 44.4 Å². The van der Waals surface area contributed by atoms with E-state index in [1.165, 1.54) is 21.3 Å². The van der Waals surface area contributed by atoms with Crippen molar-refractivity contribution in [3.05, 3.63) is 177 Å². The molecule has 7 rings (SSSR count). The van der Waals surface area contributed by atoms with Crippen LogP contribution in [0.2, 0.25) is 0 Å². The highest BCUT2D eigenvalue weighted by Gasteiger charge is 2.22. The average molecular weight is 1420 g/mol. The molecule has 101 heavy (non-hydrogen) atoms. The molecule has 4 heterocycles. The Balaban J connectivity index is 1.11. The lowest BCUT2D eigenvalue weighted by molar-refractivity contribution is 0.0584. The maximum atomic E-state index is 13.2. The highest BCUT2D eigenvalue weighted by molar-refractivity contribution is 7.86. The average Bonchev–Trinajstić information content (AvgIpc) is 1.84. The molecule has 3 aromatic carbocycles. The second kappa shape index (κ2) is 41.2. The molecule has 2 N–H and O–H groups in total. The molecule has 0 spiro atoms. The number of ether oxygens (including phenoxy) is 6. The van der Waals surface area contributed by atoms with Gasteiger partial charge in [0.15, 0.2) is 0 Å². The molecule has 26 heteroatoms. The Bertz CT molecular complexity index is 3920. The van der Waals surface area contributed by atoms with E-state index >= 15 is 0 Å². The quantitative estimate of drug-likeness (QED) is 0.0132. The van der Waals surface area contributed by atoms with Crippen molar-refractivity contribution in [1.29, 1.82) is 0 Å². The Morgan fingerprint density at radius 2 is 0.663 bits per heavy atom. The van der Waals surface area contributed by atoms with Gasteiger partial charge in [-0.25, -0.2) is 29.3 Å². The van der Waals surface area contributed by atoms with Crippen LogP contribution in [0.4, 0.5) is 0 Å². The first-order valence-corrected chi connectivity index (χ1v) is 36.9. The molecular weight excluding hydrogens is 1330 g/mol. The molecule has 1 aliphatic rings. The first-order valence-electron chi connectivity index (χ1n) is 33.7. The van der Waals surface area contributed by atoms with Crippen LogP contribution in [-0.4, -0.2) is 241 Å². The summed E-state index contributed by atoms with van der Waals surface area (Å²) in [5, 5.41) is 0. The van der Waals surface area contributed by atoms with Crippen LogP contribution in [0.1, 0.15) is 127 Å². The maximum Gasteiger partial charge on any atom is 0.356 e. The molecule has 1 saturated heterocycles. The van der Waals surface area contributed by atoms with E-state index in [0.717, 1.165) is 37.2 Å². The molecule has 1 aliphatic heterocycles. The number of methoxy groups -OCH3 is 3. The predicted molar refractivity (Wildman–Crippen MR) is 385 cm³/mol. The number of pyridine rings is 3. The van der Waals surface area contributed by atoms with Crippen molar-refractivity contribution in [2.24, 2.45) is 0 Å². The number of aromatic nitrogens is 3. The summed E-state index contributed by atoms with van der Waals surface area (Å²) in [6.07, 6.45) is 4.08. The lowest BCUT2D eigenvalue weighted by Gasteiger charge is -2.25. The monoisotopic (exact) mass is 1420 g/mol. The number of esters is 3. The summed E-state index contributed by atoms with van der Waals surface area (Å²) in [6, 6.07) is 32.8. The zero-order valence-corrected chi connectivity index (χ0v) is 60.5. The van der Waals surface area contributed by atoms with Gasteiger partial charge in [0.1, 0.15) is 34.3 Å². The number of rotatable bonds is 34. The SMILES string of the molecule is CCCN(C)CCCOc1ccc(C#Cc2cc(CN3CCN(Cc4cc(C#Cc5ccc(OCCCN(C)CCCS(=O)(=O)O)cc5)cc(C(=O)OC)n4)CCN(Cc4cc(C#Cc5ccc(OCCCN(C)CCCS(=O)(=O)O)cc5)cc(C(=O)OC)n4)CC3)nc(C(=O)OC)c2)cc1. The molecule has 0 unspecified atom stereocenters. The second-order valence-corrected chi connectivity index (χ2v) is 27.8. The van der Waals surface area contributed by atoms with Crippen LogP contribution < -0.4 is 14.2 Å². The van der Waals surface area contributed by atoms with Crippen molar-refractivity contribution >= 4 is 38.1 Å². The van der Waals surface area contributed by atoms with Crippen molar-refractivity contribution in [3.8, 4) is 52.8 Å². The Morgan fingerprint density at radius 1 is 0.406 bits per heavy atom. The number of benzene rings is 3. The zero-order valence-electron chi connectivity index (χ0n) is 58.8. The van der Waals surface area contributed by atoms with Gasteiger partial charge in [-0.3, -0.25) is 23.8 Å². The van der Waals surface area contributed by atoms with Gasteiger partial charge >= 0.3 is 17.9 Å². The highest BCUT2D eigenvalue weighted by Crippen LogP contribution is 2.20. The van der Waals surface area contributed by atoms with Gasteiger partial charge in [0.25, 0.3) is 20.2 Å². The Hall–Kier alpha value is -8.82. The van der Waals surface area contributed by atoms with Gasteiger partial charge in [-0.15, -0.1) is 0 Å². The third-order valence-electron chi connectivity index (χ3n) is 16.1. The van der Waals surface area contributed by atoms with E-state index in [9.17, 15) is 31.2 Å². The van der Waals surface area contributed by atoms with Crippen LogP contribution >= 0.6 is 0 Å². The van der Waals surface area contributed by atoms with E-state index in [1.54, 1.807) is 18.2 Å². The molecule has 0 saturated carbocycles. The summed E-state index contributed by atoms with van der Waals surface area (Å²) in [6.45, 7) is 12.3.